The van der Waals surface area contributed by atoms with Crippen LogP contribution in [0, 0.1) is 5.92 Å². The molecule has 26 heavy (non-hydrogen) atoms. The summed E-state index contributed by atoms with van der Waals surface area (Å²) in [6, 6.07) is 8.97. The van der Waals surface area contributed by atoms with E-state index in [4.69, 9.17) is 4.74 Å². The first-order valence-corrected chi connectivity index (χ1v) is 10.3. The maximum absolute atomic E-state index is 12.4. The van der Waals surface area contributed by atoms with Gasteiger partial charge in [0.15, 0.2) is 0 Å². The van der Waals surface area contributed by atoms with Gasteiger partial charge in [0.1, 0.15) is 0 Å². The molecule has 0 bridgehead atoms. The number of nitrogens with zero attached hydrogens (tertiary/aromatic N) is 1. The molecule has 1 aliphatic heterocycles. The molecule has 1 heterocycles. The van der Waals surface area contributed by atoms with Gasteiger partial charge in [-0.25, -0.2) is 0 Å². The first kappa shape index (κ1) is 19.4. The molecular formula is C22H34N2O2. The second kappa shape index (κ2) is 10.1. The first-order valence-electron chi connectivity index (χ1n) is 10.3. The lowest BCUT2D eigenvalue weighted by Crippen LogP contribution is -2.43. The van der Waals surface area contributed by atoms with Crippen LogP contribution < -0.4 is 5.32 Å². The molecule has 0 aromatic heterocycles. The van der Waals surface area contributed by atoms with Crippen LogP contribution in [0.25, 0.3) is 0 Å². The number of likely N-dealkylation sites (tertiary alicyclic amines) is 1. The molecule has 4 heteroatoms. The number of hydrogen-bond acceptors (Lipinski definition) is 3. The lowest BCUT2D eigenvalue weighted by molar-refractivity contribution is -0.122. The largest absolute Gasteiger partial charge is 0.380 e. The minimum Gasteiger partial charge on any atom is -0.380 e. The molecule has 144 valence electrons. The van der Waals surface area contributed by atoms with Gasteiger partial charge >= 0.3 is 0 Å². The van der Waals surface area contributed by atoms with E-state index in [9.17, 15) is 4.79 Å². The summed E-state index contributed by atoms with van der Waals surface area (Å²) >= 11 is 0. The number of carbonyl (C=O) groups excluding carboxylic acids is 1. The molecule has 2 fully saturated rings. The third-order valence-electron chi connectivity index (χ3n) is 6.11. The normalized spacial score (nSPS) is 20.2. The third-order valence-corrected chi connectivity index (χ3v) is 6.11. The van der Waals surface area contributed by atoms with Gasteiger partial charge < -0.3 is 15.0 Å². The van der Waals surface area contributed by atoms with Gasteiger partial charge in [-0.3, -0.25) is 4.79 Å². The minimum atomic E-state index is 0.188. The first-order chi connectivity index (χ1) is 12.8. The fourth-order valence-electron chi connectivity index (χ4n) is 4.52. The number of hydrogen-bond donors (Lipinski definition) is 1. The van der Waals surface area contributed by atoms with E-state index in [1.807, 2.05) is 12.1 Å². The second-order valence-electron chi connectivity index (χ2n) is 7.95. The van der Waals surface area contributed by atoms with E-state index >= 15 is 0 Å². The number of nitrogens with one attached hydrogen (secondary N) is 1. The number of benzene rings is 1. The highest BCUT2D eigenvalue weighted by Gasteiger charge is 2.27. The van der Waals surface area contributed by atoms with Gasteiger partial charge in [-0.05, 0) is 55.8 Å². The Morgan fingerprint density at radius 2 is 1.77 bits per heavy atom. The van der Waals surface area contributed by atoms with Crippen LogP contribution in [0.3, 0.4) is 0 Å². The molecule has 2 aliphatic rings. The van der Waals surface area contributed by atoms with Gasteiger partial charge in [0.05, 0.1) is 6.61 Å². The van der Waals surface area contributed by atoms with Gasteiger partial charge in [0.25, 0.3) is 0 Å². The van der Waals surface area contributed by atoms with Gasteiger partial charge in [0.2, 0.25) is 5.91 Å². The minimum absolute atomic E-state index is 0.188. The van der Waals surface area contributed by atoms with Crippen LogP contribution >= 0.6 is 0 Å². The summed E-state index contributed by atoms with van der Waals surface area (Å²) in [6.45, 7) is 3.55. The van der Waals surface area contributed by atoms with Gasteiger partial charge in [-0.15, -0.1) is 0 Å². The van der Waals surface area contributed by atoms with E-state index < -0.39 is 0 Å². The Morgan fingerprint density at radius 1 is 1.08 bits per heavy atom. The summed E-state index contributed by atoms with van der Waals surface area (Å²) < 4.78 is 5.24. The smallest absolute Gasteiger partial charge is 0.220 e. The van der Waals surface area contributed by atoms with Crippen molar-refractivity contribution in [2.45, 2.75) is 70.6 Å². The summed E-state index contributed by atoms with van der Waals surface area (Å²) in [6.07, 6.45) is 9.99. The quantitative estimate of drug-likeness (QED) is 0.804. The Morgan fingerprint density at radius 3 is 2.46 bits per heavy atom. The zero-order valence-electron chi connectivity index (χ0n) is 16.2. The highest BCUT2D eigenvalue weighted by atomic mass is 16.5. The fraction of sp³-hybridized carbons (Fsp3) is 0.682. The van der Waals surface area contributed by atoms with Crippen LogP contribution in [0.5, 0.6) is 0 Å². The van der Waals surface area contributed by atoms with Crippen LogP contribution in [0.15, 0.2) is 24.3 Å². The average Bonchev–Trinajstić information content (AvgIpc) is 2.69. The Bertz CT molecular complexity index is 561. The molecule has 1 aromatic carbocycles. The van der Waals surface area contributed by atoms with Crippen LogP contribution in [-0.2, 0) is 22.7 Å². The fourth-order valence-corrected chi connectivity index (χ4v) is 4.52. The van der Waals surface area contributed by atoms with E-state index in [0.29, 0.717) is 25.5 Å². The highest BCUT2D eigenvalue weighted by molar-refractivity contribution is 5.76. The molecule has 0 unspecified atom stereocenters. The molecule has 0 spiro atoms. The standard InChI is InChI=1S/C22H34N2O2/c1-26-17-20-8-6-5-7-19(20)16-23-22(25)15-18-11-13-24(14-12-18)21-9-3-2-4-10-21/h5-8,18,21H,2-4,9-17H2,1H3,(H,23,25). The zero-order chi connectivity index (χ0) is 18.2. The molecule has 4 nitrogen and oxygen atoms in total. The predicted octanol–water partition coefficient (Wildman–Crippen LogP) is 3.88. The number of ether oxygens (including phenoxy) is 1. The summed E-state index contributed by atoms with van der Waals surface area (Å²) in [5, 5.41) is 3.11. The van der Waals surface area contributed by atoms with Gasteiger partial charge in [-0.1, -0.05) is 43.5 Å². The topological polar surface area (TPSA) is 41.6 Å². The van der Waals surface area contributed by atoms with Crippen molar-refractivity contribution in [2.24, 2.45) is 5.92 Å². The lowest BCUT2D eigenvalue weighted by atomic mass is 9.89. The lowest BCUT2D eigenvalue weighted by Gasteiger charge is -2.39. The van der Waals surface area contributed by atoms with Crippen molar-refractivity contribution in [1.29, 1.82) is 0 Å². The SMILES string of the molecule is COCc1ccccc1CNC(=O)CC1CCN(C2CCCCC2)CC1. The van der Waals surface area contributed by atoms with Crippen LogP contribution in [0.2, 0.25) is 0 Å². The summed E-state index contributed by atoms with van der Waals surface area (Å²) in [4.78, 5) is 15.1. The maximum atomic E-state index is 12.4. The molecule has 1 aliphatic carbocycles. The van der Waals surface area contributed by atoms with Gasteiger partial charge in [-0.2, -0.15) is 0 Å². The summed E-state index contributed by atoms with van der Waals surface area (Å²) in [7, 11) is 1.70. The highest BCUT2D eigenvalue weighted by Crippen LogP contribution is 2.28. The van der Waals surface area contributed by atoms with E-state index in [2.05, 4.69) is 22.3 Å². The van der Waals surface area contributed by atoms with Crippen LogP contribution in [0.4, 0.5) is 0 Å². The van der Waals surface area contributed by atoms with E-state index in [0.717, 1.165) is 17.2 Å². The monoisotopic (exact) mass is 358 g/mol. The molecule has 0 atom stereocenters. The van der Waals surface area contributed by atoms with E-state index in [-0.39, 0.29) is 5.91 Å². The van der Waals surface area contributed by atoms with Crippen molar-refractivity contribution in [1.82, 2.24) is 10.2 Å². The third kappa shape index (κ3) is 5.55. The molecule has 1 saturated carbocycles. The number of carbonyl (C=O) groups is 1. The molecule has 3 rings (SSSR count). The van der Waals surface area contributed by atoms with Crippen molar-refractivity contribution in [3.05, 3.63) is 35.4 Å². The summed E-state index contributed by atoms with van der Waals surface area (Å²) in [5.74, 6) is 0.734. The Kier molecular flexibility index (Phi) is 7.51. The molecule has 1 N–H and O–H groups in total. The Balaban J connectivity index is 1.39. The van der Waals surface area contributed by atoms with Gasteiger partial charge in [0, 0.05) is 26.1 Å². The predicted molar refractivity (Wildman–Crippen MR) is 105 cm³/mol. The van der Waals surface area contributed by atoms with Crippen molar-refractivity contribution in [3.63, 3.8) is 0 Å². The molecule has 1 amide bonds. The average molecular weight is 359 g/mol. The zero-order valence-corrected chi connectivity index (χ0v) is 16.2. The maximum Gasteiger partial charge on any atom is 0.220 e. The Labute approximate surface area is 158 Å². The number of methoxy groups -OCH3 is 1. The van der Waals surface area contributed by atoms with Crippen molar-refractivity contribution < 1.29 is 9.53 Å². The van der Waals surface area contributed by atoms with Crippen LogP contribution in [0.1, 0.15) is 62.5 Å². The van der Waals surface area contributed by atoms with Crippen LogP contribution in [-0.4, -0.2) is 37.0 Å². The number of piperidine rings is 1. The van der Waals surface area contributed by atoms with Crippen molar-refractivity contribution in [2.75, 3.05) is 20.2 Å². The Hall–Kier alpha value is -1.39. The molecule has 0 radical (unpaired) electrons. The number of amides is 1. The van der Waals surface area contributed by atoms with E-state index in [1.165, 1.54) is 58.0 Å². The molecule has 1 saturated heterocycles. The van der Waals surface area contributed by atoms with E-state index in [1.54, 1.807) is 7.11 Å². The van der Waals surface area contributed by atoms with Crippen molar-refractivity contribution >= 4 is 5.91 Å². The summed E-state index contributed by atoms with van der Waals surface area (Å²) in [5.41, 5.74) is 2.30. The number of rotatable bonds is 7. The second-order valence-corrected chi connectivity index (χ2v) is 7.95. The van der Waals surface area contributed by atoms with Crippen molar-refractivity contribution in [3.8, 4) is 0 Å². The molecule has 1 aromatic rings. The molecular weight excluding hydrogens is 324 g/mol.